The number of carbonyl (C=O) groups excluding carboxylic acids is 3. The minimum atomic E-state index is -1.17. The fourth-order valence-electron chi connectivity index (χ4n) is 2.99. The third-order valence-electron chi connectivity index (χ3n) is 4.20. The Balaban J connectivity index is 2.45. The van der Waals surface area contributed by atoms with E-state index in [2.05, 4.69) is 5.32 Å². The van der Waals surface area contributed by atoms with Crippen LogP contribution in [0.25, 0.3) is 0 Å². The van der Waals surface area contributed by atoms with Crippen LogP contribution in [0.5, 0.6) is 0 Å². The van der Waals surface area contributed by atoms with Crippen LogP contribution in [0, 0.1) is 5.41 Å². The molecule has 0 aromatic rings. The highest BCUT2D eigenvalue weighted by Gasteiger charge is 2.53. The number of hydrogen-bond acceptors (Lipinski definition) is 3. The molecule has 0 aromatic heterocycles. The molecule has 1 aliphatic heterocycles. The van der Waals surface area contributed by atoms with Crippen LogP contribution in [0.15, 0.2) is 11.6 Å². The topological polar surface area (TPSA) is 66.5 Å². The molecule has 5 heteroatoms. The lowest BCUT2D eigenvalue weighted by atomic mass is 9.72. The molecule has 1 unspecified atom stereocenters. The summed E-state index contributed by atoms with van der Waals surface area (Å²) in [5.41, 5.74) is -0.290. The van der Waals surface area contributed by atoms with Gasteiger partial charge in [-0.05, 0) is 37.7 Å². The van der Waals surface area contributed by atoms with Crippen LogP contribution in [0.3, 0.4) is 0 Å². The van der Waals surface area contributed by atoms with Crippen LogP contribution in [0.1, 0.15) is 45.4 Å². The highest BCUT2D eigenvalue weighted by atomic mass is 16.2. The normalized spacial score (nSPS) is 28.8. The first-order valence-corrected chi connectivity index (χ1v) is 6.87. The number of amides is 4. The van der Waals surface area contributed by atoms with E-state index in [4.69, 9.17) is 0 Å². The summed E-state index contributed by atoms with van der Waals surface area (Å²) in [6.07, 6.45) is 7.27. The number of imide groups is 2. The molecule has 19 heavy (non-hydrogen) atoms. The van der Waals surface area contributed by atoms with Crippen molar-refractivity contribution in [2.24, 2.45) is 5.41 Å². The third kappa shape index (κ3) is 2.07. The minimum Gasteiger partial charge on any atom is -0.276 e. The Bertz CT molecular complexity index is 456. The lowest BCUT2D eigenvalue weighted by Gasteiger charge is -2.39. The van der Waals surface area contributed by atoms with Gasteiger partial charge in [-0.15, -0.1) is 0 Å². The zero-order chi connectivity index (χ0) is 14.0. The number of hydrogen-bond donors (Lipinski definition) is 1. The lowest BCUT2D eigenvalue weighted by molar-refractivity contribution is -0.148. The van der Waals surface area contributed by atoms with Gasteiger partial charge >= 0.3 is 6.03 Å². The number of carbonyl (C=O) groups is 3. The summed E-state index contributed by atoms with van der Waals surface area (Å²) < 4.78 is 0. The van der Waals surface area contributed by atoms with Gasteiger partial charge in [0.15, 0.2) is 0 Å². The standard InChI is InChI=1S/C14H20N2O3/c1-3-14(10-8-6-4-5-7-9-10)11(17)15-13(19)16(2)12(14)18/h8H,3-7,9H2,1-2H3,(H,15,17,19). The fraction of sp³-hybridized carbons (Fsp3) is 0.643. The van der Waals surface area contributed by atoms with E-state index in [0.717, 1.165) is 42.6 Å². The second-order valence-electron chi connectivity index (χ2n) is 5.21. The van der Waals surface area contributed by atoms with Crippen LogP contribution >= 0.6 is 0 Å². The molecule has 0 radical (unpaired) electrons. The van der Waals surface area contributed by atoms with Gasteiger partial charge in [0.1, 0.15) is 5.41 Å². The van der Waals surface area contributed by atoms with Gasteiger partial charge in [0.2, 0.25) is 11.8 Å². The maximum atomic E-state index is 12.5. The van der Waals surface area contributed by atoms with Gasteiger partial charge in [0.25, 0.3) is 0 Å². The van der Waals surface area contributed by atoms with Gasteiger partial charge < -0.3 is 0 Å². The highest BCUT2D eigenvalue weighted by molar-refractivity contribution is 6.20. The highest BCUT2D eigenvalue weighted by Crippen LogP contribution is 2.40. The number of nitrogens with one attached hydrogen (secondary N) is 1. The summed E-state index contributed by atoms with van der Waals surface area (Å²) in [6, 6.07) is -0.631. The van der Waals surface area contributed by atoms with E-state index >= 15 is 0 Å². The van der Waals surface area contributed by atoms with E-state index in [1.165, 1.54) is 7.05 Å². The quantitative estimate of drug-likeness (QED) is 0.612. The summed E-state index contributed by atoms with van der Waals surface area (Å²) in [5.74, 6) is -0.854. The summed E-state index contributed by atoms with van der Waals surface area (Å²) in [6.45, 7) is 1.83. The summed E-state index contributed by atoms with van der Waals surface area (Å²) in [5, 5.41) is 2.31. The number of allylic oxidation sites excluding steroid dienone is 1. The molecular weight excluding hydrogens is 244 g/mol. The molecule has 2 rings (SSSR count). The Morgan fingerprint density at radius 2 is 2.00 bits per heavy atom. The molecule has 2 aliphatic rings. The van der Waals surface area contributed by atoms with Gasteiger partial charge in [-0.25, -0.2) is 4.79 Å². The van der Waals surface area contributed by atoms with Crippen molar-refractivity contribution in [2.45, 2.75) is 45.4 Å². The molecule has 1 atom stereocenters. The van der Waals surface area contributed by atoms with Crippen LogP contribution in [-0.2, 0) is 9.59 Å². The van der Waals surface area contributed by atoms with E-state index in [9.17, 15) is 14.4 Å². The first-order chi connectivity index (χ1) is 9.04. The molecule has 4 amide bonds. The predicted molar refractivity (Wildman–Crippen MR) is 70.2 cm³/mol. The maximum absolute atomic E-state index is 12.5. The van der Waals surface area contributed by atoms with E-state index in [1.807, 2.05) is 13.0 Å². The van der Waals surface area contributed by atoms with E-state index in [1.54, 1.807) is 0 Å². The molecule has 0 saturated carbocycles. The van der Waals surface area contributed by atoms with E-state index in [-0.39, 0.29) is 0 Å². The fourth-order valence-corrected chi connectivity index (χ4v) is 2.99. The Morgan fingerprint density at radius 1 is 1.26 bits per heavy atom. The molecule has 0 bridgehead atoms. The first-order valence-electron chi connectivity index (χ1n) is 6.87. The zero-order valence-corrected chi connectivity index (χ0v) is 11.5. The van der Waals surface area contributed by atoms with Crippen molar-refractivity contribution < 1.29 is 14.4 Å². The Morgan fingerprint density at radius 3 is 2.68 bits per heavy atom. The number of nitrogens with zero attached hydrogens (tertiary/aromatic N) is 1. The molecule has 0 aromatic carbocycles. The molecule has 104 valence electrons. The molecule has 1 heterocycles. The van der Waals surface area contributed by atoms with Gasteiger partial charge in [-0.1, -0.05) is 19.4 Å². The minimum absolute atomic E-state index is 0.390. The second-order valence-corrected chi connectivity index (χ2v) is 5.21. The zero-order valence-electron chi connectivity index (χ0n) is 11.5. The van der Waals surface area contributed by atoms with Gasteiger partial charge in [0, 0.05) is 7.05 Å². The Labute approximate surface area is 113 Å². The molecule has 0 spiro atoms. The van der Waals surface area contributed by atoms with E-state index < -0.39 is 23.3 Å². The van der Waals surface area contributed by atoms with Crippen molar-refractivity contribution in [1.82, 2.24) is 10.2 Å². The van der Waals surface area contributed by atoms with Gasteiger partial charge in [0.05, 0.1) is 0 Å². The first kappa shape index (κ1) is 13.8. The van der Waals surface area contributed by atoms with Crippen molar-refractivity contribution in [3.63, 3.8) is 0 Å². The molecule has 1 N–H and O–H groups in total. The van der Waals surface area contributed by atoms with Crippen molar-refractivity contribution in [3.05, 3.63) is 11.6 Å². The summed E-state index contributed by atoms with van der Waals surface area (Å²) in [7, 11) is 1.42. The maximum Gasteiger partial charge on any atom is 0.330 e. The van der Waals surface area contributed by atoms with Crippen LogP contribution in [0.4, 0.5) is 4.79 Å². The van der Waals surface area contributed by atoms with Gasteiger partial charge in [-0.3, -0.25) is 19.8 Å². The molecule has 5 nitrogen and oxygen atoms in total. The summed E-state index contributed by atoms with van der Waals surface area (Å²) in [4.78, 5) is 37.4. The Hall–Kier alpha value is -1.65. The van der Waals surface area contributed by atoms with Crippen molar-refractivity contribution >= 4 is 17.8 Å². The van der Waals surface area contributed by atoms with Crippen molar-refractivity contribution in [3.8, 4) is 0 Å². The number of rotatable bonds is 2. The molecule has 1 aliphatic carbocycles. The Kier molecular flexibility index (Phi) is 3.73. The average Bonchev–Trinajstić information content (AvgIpc) is 2.67. The average molecular weight is 264 g/mol. The van der Waals surface area contributed by atoms with E-state index in [0.29, 0.717) is 6.42 Å². The molecule has 1 fully saturated rings. The van der Waals surface area contributed by atoms with Crippen molar-refractivity contribution in [2.75, 3.05) is 7.05 Å². The second kappa shape index (κ2) is 5.15. The summed E-state index contributed by atoms with van der Waals surface area (Å²) >= 11 is 0. The lowest BCUT2D eigenvalue weighted by Crippen LogP contribution is -2.63. The third-order valence-corrected chi connectivity index (χ3v) is 4.20. The number of barbiturate groups is 1. The smallest absolute Gasteiger partial charge is 0.276 e. The largest absolute Gasteiger partial charge is 0.330 e. The van der Waals surface area contributed by atoms with Crippen LogP contribution in [0.2, 0.25) is 0 Å². The van der Waals surface area contributed by atoms with Gasteiger partial charge in [-0.2, -0.15) is 0 Å². The monoisotopic (exact) mass is 264 g/mol. The molecular formula is C14H20N2O3. The van der Waals surface area contributed by atoms with Crippen molar-refractivity contribution in [1.29, 1.82) is 0 Å². The molecule has 1 saturated heterocycles. The number of urea groups is 1. The van der Waals surface area contributed by atoms with Crippen LogP contribution < -0.4 is 5.32 Å². The SMILES string of the molecule is CCC1(C2=CCCCCC2)C(=O)NC(=O)N(C)C1=O. The van der Waals surface area contributed by atoms with Crippen LogP contribution in [-0.4, -0.2) is 29.8 Å². The predicted octanol–water partition coefficient (Wildman–Crippen LogP) is 1.98.